The molecule has 0 amide bonds. The summed E-state index contributed by atoms with van der Waals surface area (Å²) in [5, 5.41) is 20.2. The summed E-state index contributed by atoms with van der Waals surface area (Å²) in [6, 6.07) is 117. The van der Waals surface area contributed by atoms with Crippen molar-refractivity contribution in [2.75, 3.05) is 0 Å². The maximum absolute atomic E-state index is 5.23. The van der Waals surface area contributed by atoms with Crippen LogP contribution in [0.5, 0.6) is 0 Å². The molecule has 0 aliphatic heterocycles. The van der Waals surface area contributed by atoms with Crippen LogP contribution in [0.25, 0.3) is 194 Å². The van der Waals surface area contributed by atoms with Crippen molar-refractivity contribution in [2.24, 2.45) is 0 Å². The van der Waals surface area contributed by atoms with Gasteiger partial charge < -0.3 is 0 Å². The zero-order valence-electron chi connectivity index (χ0n) is 52.7. The summed E-state index contributed by atoms with van der Waals surface area (Å²) in [6.45, 7) is 0. The SMILES string of the molecule is c1ccc(-c2nc(-c3ccc4c(ccc5c6ccccc6ccc45)c3)nc(-c3cccc4[se]c5c(-c6ccccc6)cccc5c34)n2)cc1.c1ccc(-c2nc(-c3ccccc3)nc(-c3cccc4c3[se]c3c(-c5ccc6c(ccc7c8ccccc8ccc67)c5)cccc34)n2)cc1. The van der Waals surface area contributed by atoms with Crippen molar-refractivity contribution in [1.82, 2.24) is 29.9 Å². The Kier molecular flexibility index (Phi) is 14.2. The van der Waals surface area contributed by atoms with E-state index in [0.29, 0.717) is 34.9 Å². The van der Waals surface area contributed by atoms with Crippen molar-refractivity contribution in [3.05, 3.63) is 328 Å². The van der Waals surface area contributed by atoms with Crippen molar-refractivity contribution < 1.29 is 0 Å². The minimum absolute atomic E-state index is 0.0571. The number of fused-ring (bicyclic) bond motifs is 16. The summed E-state index contributed by atoms with van der Waals surface area (Å²) < 4.78 is 5.50. The first-order valence-corrected chi connectivity index (χ1v) is 36.3. The van der Waals surface area contributed by atoms with E-state index in [-0.39, 0.29) is 29.0 Å². The molecule has 8 heteroatoms. The molecule has 0 bridgehead atoms. The van der Waals surface area contributed by atoms with Gasteiger partial charge in [0.1, 0.15) is 0 Å². The van der Waals surface area contributed by atoms with Crippen molar-refractivity contribution >= 4 is 132 Å². The van der Waals surface area contributed by atoms with E-state index in [4.69, 9.17) is 29.9 Å². The van der Waals surface area contributed by atoms with E-state index in [9.17, 15) is 0 Å². The molecule has 0 saturated carbocycles. The standard InChI is InChI=1S/2C45H27N3Se/c1-3-12-29(13-4-1)43-46-44(30-14-5-2-6-15-30)48-45(47-43)40-20-10-19-39-38-18-9-17-35(41(38)49-42(39)40)32-22-24-34-31(27-32)23-26-36-33-16-8-7-11-28(33)21-25-37(34)36;1-3-11-28(12-4-1)35-17-9-18-38-41-39(19-10-20-40(41)49-42(35)38)45-47-43(30-14-5-2-6-15-30)46-44(48-45)32-23-24-34-31(27-32)22-26-36-33-16-8-7-13-29(33)21-25-37(34)36/h2*1-27H. The first kappa shape index (κ1) is 57.6. The number of nitrogens with zero attached hydrogens (tertiary/aromatic N) is 6. The zero-order chi connectivity index (χ0) is 64.6. The molecule has 0 aliphatic carbocycles. The van der Waals surface area contributed by atoms with Crippen LogP contribution in [-0.4, -0.2) is 58.9 Å². The van der Waals surface area contributed by atoms with Crippen LogP contribution in [0.1, 0.15) is 0 Å². The van der Waals surface area contributed by atoms with Gasteiger partial charge in [0, 0.05) is 0 Å². The molecule has 20 rings (SSSR count). The van der Waals surface area contributed by atoms with Gasteiger partial charge in [-0.1, -0.05) is 30.3 Å². The van der Waals surface area contributed by atoms with Gasteiger partial charge in [0.25, 0.3) is 0 Å². The average molecular weight is 1380 g/mol. The average Bonchev–Trinajstić information content (AvgIpc) is 1.37. The van der Waals surface area contributed by atoms with E-state index in [2.05, 4.69) is 273 Å². The van der Waals surface area contributed by atoms with E-state index >= 15 is 0 Å². The van der Waals surface area contributed by atoms with Crippen molar-refractivity contribution in [2.45, 2.75) is 0 Å². The summed E-state index contributed by atoms with van der Waals surface area (Å²) in [4.78, 5) is 30.6. The van der Waals surface area contributed by atoms with Crippen LogP contribution in [0.15, 0.2) is 328 Å². The normalized spacial score (nSPS) is 11.7. The fraction of sp³-hybridized carbons (Fsp3) is 0. The van der Waals surface area contributed by atoms with E-state index in [1.54, 1.807) is 0 Å². The predicted molar refractivity (Wildman–Crippen MR) is 412 cm³/mol. The third-order valence-electron chi connectivity index (χ3n) is 19.0. The van der Waals surface area contributed by atoms with Gasteiger partial charge in [-0.05, 0) is 10.8 Å². The molecular formula is C90H54N6Se2. The van der Waals surface area contributed by atoms with Crippen molar-refractivity contribution in [3.8, 4) is 90.6 Å². The quantitative estimate of drug-likeness (QED) is 0.111. The van der Waals surface area contributed by atoms with Crippen molar-refractivity contribution in [1.29, 1.82) is 0 Å². The second-order valence-corrected chi connectivity index (χ2v) is 29.1. The number of aromatic nitrogens is 6. The Morgan fingerprint density at radius 2 is 0.510 bits per heavy atom. The van der Waals surface area contributed by atoms with Crippen LogP contribution in [0, 0.1) is 0 Å². The Hall–Kier alpha value is -11.9. The van der Waals surface area contributed by atoms with Gasteiger partial charge in [0.2, 0.25) is 0 Å². The predicted octanol–water partition coefficient (Wildman–Crippen LogP) is 22.7. The van der Waals surface area contributed by atoms with E-state index in [1.165, 1.54) is 120 Å². The van der Waals surface area contributed by atoms with Gasteiger partial charge in [-0.2, -0.15) is 0 Å². The molecule has 0 saturated heterocycles. The van der Waals surface area contributed by atoms with Crippen LogP contribution < -0.4 is 0 Å². The topological polar surface area (TPSA) is 77.3 Å². The van der Waals surface area contributed by atoms with Crippen LogP contribution in [0.3, 0.4) is 0 Å². The molecule has 6 nitrogen and oxygen atoms in total. The second kappa shape index (κ2) is 24.1. The molecular weight excluding hydrogens is 1320 g/mol. The molecule has 0 unspecified atom stereocenters. The summed E-state index contributed by atoms with van der Waals surface area (Å²) in [5.41, 5.74) is 11.1. The Morgan fingerprint density at radius 3 is 1.04 bits per heavy atom. The number of hydrogen-bond acceptors (Lipinski definition) is 6. The van der Waals surface area contributed by atoms with E-state index in [1.807, 2.05) is 54.6 Å². The van der Waals surface area contributed by atoms with Crippen LogP contribution in [0.4, 0.5) is 0 Å². The third-order valence-corrected chi connectivity index (χ3v) is 24.3. The van der Waals surface area contributed by atoms with Crippen LogP contribution in [0.2, 0.25) is 0 Å². The number of benzene rings is 16. The number of hydrogen-bond donors (Lipinski definition) is 0. The fourth-order valence-corrected chi connectivity index (χ4v) is 19.8. The van der Waals surface area contributed by atoms with Crippen LogP contribution >= 0.6 is 0 Å². The molecule has 98 heavy (non-hydrogen) atoms. The second-order valence-electron chi connectivity index (χ2n) is 24.8. The van der Waals surface area contributed by atoms with Gasteiger partial charge in [-0.25, -0.2) is 0 Å². The fourth-order valence-electron chi connectivity index (χ4n) is 14.3. The van der Waals surface area contributed by atoms with E-state index < -0.39 is 0 Å². The minimum atomic E-state index is 0.0571. The molecule has 456 valence electrons. The Balaban J connectivity index is 0.000000137. The summed E-state index contributed by atoms with van der Waals surface area (Å²) in [7, 11) is 0. The van der Waals surface area contributed by atoms with Gasteiger partial charge in [0.15, 0.2) is 0 Å². The molecule has 16 aromatic carbocycles. The molecule has 0 N–H and O–H groups in total. The molecule has 4 aromatic heterocycles. The summed E-state index contributed by atoms with van der Waals surface area (Å²) >= 11 is 0.221. The first-order chi connectivity index (χ1) is 48.6. The maximum atomic E-state index is 5.23. The molecule has 0 atom stereocenters. The third kappa shape index (κ3) is 10.1. The summed E-state index contributed by atoms with van der Waals surface area (Å²) in [5.74, 6) is 4.11. The van der Waals surface area contributed by atoms with Gasteiger partial charge >= 0.3 is 539 Å². The Bertz CT molecular complexity index is 6490. The van der Waals surface area contributed by atoms with E-state index in [0.717, 1.165) is 38.8 Å². The van der Waals surface area contributed by atoms with Gasteiger partial charge in [-0.3, -0.25) is 0 Å². The first-order valence-electron chi connectivity index (χ1n) is 32.9. The van der Waals surface area contributed by atoms with Gasteiger partial charge in [-0.15, -0.1) is 0 Å². The Morgan fingerprint density at radius 1 is 0.173 bits per heavy atom. The number of rotatable bonds is 8. The van der Waals surface area contributed by atoms with Gasteiger partial charge in [0.05, 0.1) is 0 Å². The zero-order valence-corrected chi connectivity index (χ0v) is 56.1. The molecule has 4 heterocycles. The summed E-state index contributed by atoms with van der Waals surface area (Å²) in [6.07, 6.45) is 0. The van der Waals surface area contributed by atoms with Crippen molar-refractivity contribution in [3.63, 3.8) is 0 Å². The monoisotopic (exact) mass is 1380 g/mol. The molecule has 0 fully saturated rings. The Labute approximate surface area is 576 Å². The molecule has 0 radical (unpaired) electrons. The molecule has 20 aromatic rings. The molecule has 0 aliphatic rings. The molecule has 0 spiro atoms. The van der Waals surface area contributed by atoms with Crippen LogP contribution in [-0.2, 0) is 0 Å².